The summed E-state index contributed by atoms with van der Waals surface area (Å²) in [6.07, 6.45) is 1.71. The fourth-order valence-electron chi connectivity index (χ4n) is 3.36. The highest BCUT2D eigenvalue weighted by Crippen LogP contribution is 2.19. The summed E-state index contributed by atoms with van der Waals surface area (Å²) in [5, 5.41) is 22.7. The first-order valence-electron chi connectivity index (χ1n) is 10.4. The molecule has 1 heterocycles. The van der Waals surface area contributed by atoms with Gasteiger partial charge >= 0.3 is 11.9 Å². The van der Waals surface area contributed by atoms with Crippen molar-refractivity contribution in [3.8, 4) is 0 Å². The predicted molar refractivity (Wildman–Crippen MR) is 118 cm³/mol. The Morgan fingerprint density at radius 3 is 2.30 bits per heavy atom. The number of carbonyl (C=O) groups is 6. The lowest BCUT2D eigenvalue weighted by Gasteiger charge is -2.28. The van der Waals surface area contributed by atoms with Gasteiger partial charge in [-0.1, -0.05) is 0 Å². The molecule has 0 aromatic heterocycles. The van der Waals surface area contributed by atoms with Crippen molar-refractivity contribution in [1.29, 1.82) is 0 Å². The van der Waals surface area contributed by atoms with Crippen LogP contribution in [0, 0.1) is 0 Å². The van der Waals surface area contributed by atoms with Gasteiger partial charge in [0.1, 0.15) is 18.1 Å². The Kier molecular flexibility index (Phi) is 11.6. The lowest BCUT2D eigenvalue weighted by Crippen LogP contribution is -2.57. The number of amides is 4. The highest BCUT2D eigenvalue weighted by atomic mass is 32.2. The molecular weight excluding hydrogens is 458 g/mol. The molecule has 1 fully saturated rings. The highest BCUT2D eigenvalue weighted by molar-refractivity contribution is 7.98. The highest BCUT2D eigenvalue weighted by Gasteiger charge is 2.38. The van der Waals surface area contributed by atoms with E-state index in [0.29, 0.717) is 12.2 Å². The van der Waals surface area contributed by atoms with Gasteiger partial charge in [-0.2, -0.15) is 11.8 Å². The van der Waals surface area contributed by atoms with Gasteiger partial charge < -0.3 is 37.2 Å². The Hall–Kier alpha value is -2.87. The number of carboxylic acids is 2. The van der Waals surface area contributed by atoms with Gasteiger partial charge in [0.05, 0.1) is 12.5 Å². The van der Waals surface area contributed by atoms with Crippen LogP contribution in [0.15, 0.2) is 0 Å². The van der Waals surface area contributed by atoms with Crippen LogP contribution in [0.2, 0.25) is 0 Å². The third-order valence-electron chi connectivity index (χ3n) is 5.09. The zero-order valence-electron chi connectivity index (χ0n) is 18.3. The molecule has 0 saturated carbocycles. The summed E-state index contributed by atoms with van der Waals surface area (Å²) in [6.45, 7) is 0.222. The molecule has 0 aromatic rings. The van der Waals surface area contributed by atoms with Crippen LogP contribution in [-0.4, -0.2) is 93.4 Å². The van der Waals surface area contributed by atoms with E-state index in [1.54, 1.807) is 6.26 Å². The predicted octanol–water partition coefficient (Wildman–Crippen LogP) is -2.15. The molecule has 186 valence electrons. The summed E-state index contributed by atoms with van der Waals surface area (Å²) in [4.78, 5) is 72.8. The van der Waals surface area contributed by atoms with E-state index in [9.17, 15) is 33.9 Å². The standard InChI is InChI=1S/C19H31N5O8S/c1-33-8-6-11(19(31)32)22-16(28)12(9-14(21)25)23-17(29)13-3-2-7-24(13)18(30)10(20)4-5-15(26)27/h10-13H,2-9,20H2,1H3,(H2,21,25)(H,22,28)(H,23,29)(H,26,27)(H,31,32). The number of primary amides is 1. The number of nitrogens with zero attached hydrogens (tertiary/aromatic N) is 1. The van der Waals surface area contributed by atoms with Crippen LogP contribution in [0.4, 0.5) is 0 Å². The SMILES string of the molecule is CSCCC(NC(=O)C(CC(N)=O)NC(=O)C1CCCN1C(=O)C(N)CCC(=O)O)C(=O)O. The Labute approximate surface area is 195 Å². The second-order valence-electron chi connectivity index (χ2n) is 7.64. The van der Waals surface area contributed by atoms with Crippen molar-refractivity contribution in [2.24, 2.45) is 11.5 Å². The number of rotatable bonds is 14. The molecule has 8 N–H and O–H groups in total. The maximum Gasteiger partial charge on any atom is 0.326 e. The van der Waals surface area contributed by atoms with Crippen LogP contribution < -0.4 is 22.1 Å². The third-order valence-corrected chi connectivity index (χ3v) is 5.73. The number of hydrogen-bond donors (Lipinski definition) is 6. The van der Waals surface area contributed by atoms with Crippen LogP contribution in [0.5, 0.6) is 0 Å². The molecule has 1 rings (SSSR count). The van der Waals surface area contributed by atoms with Crippen molar-refractivity contribution >= 4 is 47.3 Å². The molecule has 4 amide bonds. The van der Waals surface area contributed by atoms with Crippen LogP contribution in [0.1, 0.15) is 38.5 Å². The maximum absolute atomic E-state index is 12.8. The first kappa shape index (κ1) is 28.2. The molecule has 4 atom stereocenters. The summed E-state index contributed by atoms with van der Waals surface area (Å²) in [7, 11) is 0. The van der Waals surface area contributed by atoms with Crippen LogP contribution in [-0.2, 0) is 28.8 Å². The molecule has 0 bridgehead atoms. The number of aliphatic carboxylic acids is 2. The van der Waals surface area contributed by atoms with Gasteiger partial charge in [0.25, 0.3) is 0 Å². The molecule has 4 unspecified atom stereocenters. The Morgan fingerprint density at radius 2 is 1.76 bits per heavy atom. The number of nitrogens with one attached hydrogen (secondary N) is 2. The largest absolute Gasteiger partial charge is 0.481 e. The van der Waals surface area contributed by atoms with E-state index in [2.05, 4.69) is 10.6 Å². The van der Waals surface area contributed by atoms with Crippen LogP contribution in [0.3, 0.4) is 0 Å². The van der Waals surface area contributed by atoms with Crippen molar-refractivity contribution in [3.05, 3.63) is 0 Å². The van der Waals surface area contributed by atoms with Crippen molar-refractivity contribution in [1.82, 2.24) is 15.5 Å². The zero-order chi connectivity index (χ0) is 25.1. The molecule has 1 saturated heterocycles. The normalized spacial score (nSPS) is 18.1. The maximum atomic E-state index is 12.8. The first-order chi connectivity index (χ1) is 15.5. The number of carbonyl (C=O) groups excluding carboxylic acids is 4. The van der Waals surface area contributed by atoms with E-state index < -0.39 is 66.2 Å². The van der Waals surface area contributed by atoms with E-state index in [4.69, 9.17) is 16.6 Å². The molecule has 33 heavy (non-hydrogen) atoms. The van der Waals surface area contributed by atoms with Crippen LogP contribution >= 0.6 is 11.8 Å². The van der Waals surface area contributed by atoms with Gasteiger partial charge in [-0.05, 0) is 37.7 Å². The first-order valence-corrected chi connectivity index (χ1v) is 11.8. The molecule has 1 aliphatic rings. The van der Waals surface area contributed by atoms with Crippen molar-refractivity contribution in [2.45, 2.75) is 62.7 Å². The average molecular weight is 490 g/mol. The van der Waals surface area contributed by atoms with Crippen molar-refractivity contribution in [3.63, 3.8) is 0 Å². The number of likely N-dealkylation sites (tertiary alicyclic amines) is 1. The summed E-state index contributed by atoms with van der Waals surface area (Å²) in [5.41, 5.74) is 11.0. The van der Waals surface area contributed by atoms with E-state index in [1.165, 1.54) is 16.7 Å². The van der Waals surface area contributed by atoms with Crippen LogP contribution in [0.25, 0.3) is 0 Å². The third kappa shape index (κ3) is 9.26. The second kappa shape index (κ2) is 13.6. The summed E-state index contributed by atoms with van der Waals surface area (Å²) in [5.74, 6) is -4.98. The molecule has 0 aromatic carbocycles. The zero-order valence-corrected chi connectivity index (χ0v) is 19.1. The lowest BCUT2D eigenvalue weighted by molar-refractivity contribution is -0.143. The Morgan fingerprint density at radius 1 is 1.09 bits per heavy atom. The molecular formula is C19H31N5O8S. The number of nitrogens with two attached hydrogens (primary N) is 2. The van der Waals surface area contributed by atoms with E-state index >= 15 is 0 Å². The molecule has 13 nitrogen and oxygen atoms in total. The van der Waals surface area contributed by atoms with E-state index in [1.807, 2.05) is 0 Å². The minimum absolute atomic E-state index is 0.0989. The number of thioether (sulfide) groups is 1. The van der Waals surface area contributed by atoms with Gasteiger partial charge in [0.15, 0.2) is 0 Å². The molecule has 14 heteroatoms. The second-order valence-corrected chi connectivity index (χ2v) is 8.63. The fourth-order valence-corrected chi connectivity index (χ4v) is 3.83. The molecule has 0 radical (unpaired) electrons. The molecule has 1 aliphatic heterocycles. The van der Waals surface area contributed by atoms with Crippen molar-refractivity contribution < 1.29 is 39.0 Å². The van der Waals surface area contributed by atoms with Gasteiger partial charge in [-0.3, -0.25) is 24.0 Å². The Bertz CT molecular complexity index is 764. The minimum atomic E-state index is -1.43. The monoisotopic (exact) mass is 489 g/mol. The average Bonchev–Trinajstić information content (AvgIpc) is 3.23. The minimum Gasteiger partial charge on any atom is -0.481 e. The smallest absolute Gasteiger partial charge is 0.326 e. The molecule has 0 spiro atoms. The van der Waals surface area contributed by atoms with Gasteiger partial charge in [0, 0.05) is 13.0 Å². The summed E-state index contributed by atoms with van der Waals surface area (Å²) < 4.78 is 0. The molecule has 0 aliphatic carbocycles. The fraction of sp³-hybridized carbons (Fsp3) is 0.684. The number of carboxylic acid groups (broad SMARTS) is 2. The summed E-state index contributed by atoms with van der Waals surface area (Å²) in [6, 6.07) is -4.71. The van der Waals surface area contributed by atoms with E-state index in [0.717, 1.165) is 0 Å². The van der Waals surface area contributed by atoms with Crippen molar-refractivity contribution in [2.75, 3.05) is 18.6 Å². The lowest BCUT2D eigenvalue weighted by atomic mass is 10.1. The number of hydrogen-bond acceptors (Lipinski definition) is 8. The quantitative estimate of drug-likeness (QED) is 0.155. The van der Waals surface area contributed by atoms with Gasteiger partial charge in [-0.15, -0.1) is 0 Å². The van der Waals surface area contributed by atoms with Gasteiger partial charge in [-0.25, -0.2) is 4.79 Å². The van der Waals surface area contributed by atoms with Gasteiger partial charge in [0.2, 0.25) is 23.6 Å². The topological polar surface area (TPSA) is 222 Å². The van der Waals surface area contributed by atoms with E-state index in [-0.39, 0.29) is 32.2 Å². The Balaban J connectivity index is 2.88. The summed E-state index contributed by atoms with van der Waals surface area (Å²) >= 11 is 1.39.